The molecule has 1 aliphatic heterocycles. The number of fused-ring (bicyclic) bond motifs is 1. The third-order valence-corrected chi connectivity index (χ3v) is 7.48. The van der Waals surface area contributed by atoms with Crippen molar-refractivity contribution in [3.05, 3.63) is 72.3 Å². The molecule has 0 unspecified atom stereocenters. The SMILES string of the molecule is Cc1ccc(S(=O)(=O)N(C[C@@H](O)CN2CCCC2)c2cccc3ccccc23)cc1. The summed E-state index contributed by atoms with van der Waals surface area (Å²) in [7, 11) is -3.84. The van der Waals surface area contributed by atoms with Crippen LogP contribution in [0.25, 0.3) is 10.8 Å². The zero-order valence-electron chi connectivity index (χ0n) is 17.2. The summed E-state index contributed by atoms with van der Waals surface area (Å²) < 4.78 is 28.7. The lowest BCUT2D eigenvalue weighted by atomic mass is 10.1. The molecule has 1 aliphatic rings. The van der Waals surface area contributed by atoms with Crippen LogP contribution >= 0.6 is 0 Å². The third kappa shape index (κ3) is 4.36. The van der Waals surface area contributed by atoms with Crippen molar-refractivity contribution in [3.8, 4) is 0 Å². The first kappa shape index (κ1) is 20.8. The fraction of sp³-hybridized carbons (Fsp3) is 0.333. The van der Waals surface area contributed by atoms with Crippen LogP contribution in [0.15, 0.2) is 71.6 Å². The van der Waals surface area contributed by atoms with Gasteiger partial charge in [-0.05, 0) is 56.4 Å². The highest BCUT2D eigenvalue weighted by molar-refractivity contribution is 7.92. The lowest BCUT2D eigenvalue weighted by Crippen LogP contribution is -2.42. The minimum Gasteiger partial charge on any atom is -0.390 e. The Balaban J connectivity index is 1.75. The van der Waals surface area contributed by atoms with Crippen molar-refractivity contribution < 1.29 is 13.5 Å². The third-order valence-electron chi connectivity index (χ3n) is 5.69. The number of rotatable bonds is 7. The molecule has 30 heavy (non-hydrogen) atoms. The number of likely N-dealkylation sites (tertiary alicyclic amines) is 1. The zero-order valence-corrected chi connectivity index (χ0v) is 18.1. The number of hydrogen-bond donors (Lipinski definition) is 1. The fourth-order valence-electron chi connectivity index (χ4n) is 4.10. The van der Waals surface area contributed by atoms with E-state index in [9.17, 15) is 13.5 Å². The zero-order chi connectivity index (χ0) is 21.1. The second-order valence-electron chi connectivity index (χ2n) is 8.01. The number of sulfonamides is 1. The Labute approximate surface area is 178 Å². The number of anilines is 1. The lowest BCUT2D eigenvalue weighted by molar-refractivity contribution is 0.132. The summed E-state index contributed by atoms with van der Waals surface area (Å²) in [5.74, 6) is 0. The number of nitrogens with zero attached hydrogens (tertiary/aromatic N) is 2. The van der Waals surface area contributed by atoms with Crippen LogP contribution in [0, 0.1) is 6.92 Å². The van der Waals surface area contributed by atoms with Crippen molar-refractivity contribution in [2.24, 2.45) is 0 Å². The number of aryl methyl sites for hydroxylation is 1. The average molecular weight is 425 g/mol. The normalized spacial score (nSPS) is 16.1. The summed E-state index contributed by atoms with van der Waals surface area (Å²) >= 11 is 0. The standard InChI is InChI=1S/C24H28N2O3S/c1-19-11-13-22(14-12-19)30(28,29)26(18-21(27)17-25-15-4-5-16-25)24-10-6-8-20-7-2-3-9-23(20)24/h2-3,6-14,21,27H,4-5,15-18H2,1H3/t21-/m0/s1. The monoisotopic (exact) mass is 424 g/mol. The second kappa shape index (κ2) is 8.76. The molecule has 0 aliphatic carbocycles. The predicted octanol–water partition coefficient (Wildman–Crippen LogP) is 3.80. The van der Waals surface area contributed by atoms with Crippen molar-refractivity contribution in [1.29, 1.82) is 0 Å². The maximum atomic E-state index is 13.7. The van der Waals surface area contributed by atoms with Gasteiger partial charge in [-0.25, -0.2) is 8.42 Å². The first-order valence-electron chi connectivity index (χ1n) is 10.4. The van der Waals surface area contributed by atoms with Crippen molar-refractivity contribution >= 4 is 26.5 Å². The second-order valence-corrected chi connectivity index (χ2v) is 9.87. The first-order chi connectivity index (χ1) is 14.4. The average Bonchev–Trinajstić information content (AvgIpc) is 3.25. The highest BCUT2D eigenvalue weighted by Gasteiger charge is 2.29. The number of hydrogen-bond acceptors (Lipinski definition) is 4. The molecule has 1 fully saturated rings. The number of aliphatic hydroxyl groups excluding tert-OH is 1. The van der Waals surface area contributed by atoms with E-state index in [2.05, 4.69) is 4.90 Å². The van der Waals surface area contributed by atoms with Crippen molar-refractivity contribution in [2.75, 3.05) is 30.5 Å². The molecule has 3 aromatic carbocycles. The van der Waals surface area contributed by atoms with Gasteiger partial charge in [-0.2, -0.15) is 0 Å². The van der Waals surface area contributed by atoms with Gasteiger partial charge in [0.1, 0.15) is 0 Å². The van der Waals surface area contributed by atoms with Gasteiger partial charge in [0.15, 0.2) is 0 Å². The van der Waals surface area contributed by atoms with Gasteiger partial charge in [0, 0.05) is 11.9 Å². The topological polar surface area (TPSA) is 60.9 Å². The molecule has 0 saturated carbocycles. The van der Waals surface area contributed by atoms with Crippen molar-refractivity contribution in [3.63, 3.8) is 0 Å². The van der Waals surface area contributed by atoms with Crippen LogP contribution in [-0.4, -0.2) is 50.7 Å². The first-order valence-corrected chi connectivity index (χ1v) is 11.9. The highest BCUT2D eigenvalue weighted by Crippen LogP contribution is 2.31. The summed E-state index contributed by atoms with van der Waals surface area (Å²) in [4.78, 5) is 2.43. The maximum absolute atomic E-state index is 13.7. The van der Waals surface area contributed by atoms with Gasteiger partial charge in [-0.15, -0.1) is 0 Å². The molecular weight excluding hydrogens is 396 g/mol. The summed E-state index contributed by atoms with van der Waals surface area (Å²) in [5.41, 5.74) is 1.59. The minimum absolute atomic E-state index is 0.0146. The van der Waals surface area contributed by atoms with Crippen LogP contribution in [0.1, 0.15) is 18.4 Å². The Hall–Kier alpha value is -2.41. The molecule has 158 valence electrons. The highest BCUT2D eigenvalue weighted by atomic mass is 32.2. The summed E-state index contributed by atoms with van der Waals surface area (Å²) in [6.07, 6.45) is 1.48. The molecule has 0 amide bonds. The summed E-state index contributed by atoms with van der Waals surface area (Å²) in [6.45, 7) is 4.33. The van der Waals surface area contributed by atoms with Gasteiger partial charge >= 0.3 is 0 Å². The molecule has 0 radical (unpaired) electrons. The molecular formula is C24H28N2O3S. The summed E-state index contributed by atoms with van der Waals surface area (Å²) in [5, 5.41) is 12.6. The molecule has 0 aromatic heterocycles. The van der Waals surface area contributed by atoms with E-state index in [0.717, 1.165) is 42.3 Å². The molecule has 6 heteroatoms. The van der Waals surface area contributed by atoms with Gasteiger partial charge in [-0.3, -0.25) is 4.31 Å². The van der Waals surface area contributed by atoms with Gasteiger partial charge in [0.2, 0.25) is 0 Å². The van der Waals surface area contributed by atoms with Crippen molar-refractivity contribution in [1.82, 2.24) is 4.90 Å². The van der Waals surface area contributed by atoms with E-state index in [-0.39, 0.29) is 11.4 Å². The Morgan fingerprint density at radius 2 is 1.63 bits per heavy atom. The van der Waals surface area contributed by atoms with E-state index in [4.69, 9.17) is 0 Å². The van der Waals surface area contributed by atoms with Crippen LogP contribution in [0.5, 0.6) is 0 Å². The fourth-order valence-corrected chi connectivity index (χ4v) is 5.62. The van der Waals surface area contributed by atoms with E-state index in [1.165, 1.54) is 4.31 Å². The number of aliphatic hydroxyl groups is 1. The Morgan fingerprint density at radius 1 is 0.967 bits per heavy atom. The predicted molar refractivity (Wildman–Crippen MR) is 121 cm³/mol. The van der Waals surface area contributed by atoms with Crippen LogP contribution in [0.4, 0.5) is 5.69 Å². The molecule has 1 atom stereocenters. The van der Waals surface area contributed by atoms with Gasteiger partial charge in [-0.1, -0.05) is 54.1 Å². The number of β-amino-alcohol motifs (C(OH)–C–C–N with tert-alkyl or cyclic N) is 1. The van der Waals surface area contributed by atoms with E-state index in [1.54, 1.807) is 24.3 Å². The Bertz CT molecular complexity index is 1100. The quantitative estimate of drug-likeness (QED) is 0.627. The van der Waals surface area contributed by atoms with Crippen molar-refractivity contribution in [2.45, 2.75) is 30.8 Å². The molecule has 3 aromatic rings. The Kier molecular flexibility index (Phi) is 6.09. The van der Waals surface area contributed by atoms with Gasteiger partial charge < -0.3 is 10.0 Å². The molecule has 4 rings (SSSR count). The van der Waals surface area contributed by atoms with E-state index >= 15 is 0 Å². The van der Waals surface area contributed by atoms with Gasteiger partial charge in [0.25, 0.3) is 10.0 Å². The number of benzene rings is 3. The smallest absolute Gasteiger partial charge is 0.264 e. The molecule has 1 saturated heterocycles. The van der Waals surface area contributed by atoms with Gasteiger partial charge in [0.05, 0.1) is 23.2 Å². The maximum Gasteiger partial charge on any atom is 0.264 e. The van der Waals surface area contributed by atoms with Crippen LogP contribution in [0.2, 0.25) is 0 Å². The molecule has 0 bridgehead atoms. The molecule has 5 nitrogen and oxygen atoms in total. The molecule has 0 spiro atoms. The summed E-state index contributed by atoms with van der Waals surface area (Å²) in [6, 6.07) is 20.3. The Morgan fingerprint density at radius 3 is 2.37 bits per heavy atom. The lowest BCUT2D eigenvalue weighted by Gasteiger charge is -2.29. The van der Waals surface area contributed by atoms with E-state index < -0.39 is 16.1 Å². The molecule has 1 N–H and O–H groups in total. The van der Waals surface area contributed by atoms with Crippen LogP contribution in [-0.2, 0) is 10.0 Å². The van der Waals surface area contributed by atoms with E-state index in [1.807, 2.05) is 49.4 Å². The molecule has 1 heterocycles. The minimum atomic E-state index is -3.84. The van der Waals surface area contributed by atoms with Crippen LogP contribution < -0.4 is 4.31 Å². The van der Waals surface area contributed by atoms with E-state index in [0.29, 0.717) is 12.2 Å². The largest absolute Gasteiger partial charge is 0.390 e. The van der Waals surface area contributed by atoms with Crippen LogP contribution in [0.3, 0.4) is 0 Å².